The average molecular weight is 854 g/mol. The van der Waals surface area contributed by atoms with E-state index < -0.39 is 68.9 Å². The number of ether oxygens (including phenoxy) is 5. The van der Waals surface area contributed by atoms with Gasteiger partial charge >= 0.3 is 6.09 Å². The molecule has 17 heteroatoms. The molecule has 4 saturated carbocycles. The molecular formula is C43H59N5O11S. The Morgan fingerprint density at radius 2 is 1.77 bits per heavy atom. The molecule has 0 radical (unpaired) electrons. The third kappa shape index (κ3) is 8.84. The van der Waals surface area contributed by atoms with Crippen LogP contribution in [0.1, 0.15) is 109 Å². The number of alkyl carbamates (subject to hydrolysis) is 1. The van der Waals surface area contributed by atoms with Crippen molar-refractivity contribution in [3.05, 3.63) is 23.8 Å². The number of fused-ring (bicyclic) bond motifs is 4. The minimum atomic E-state index is -3.88. The third-order valence-corrected chi connectivity index (χ3v) is 15.2. The highest BCUT2D eigenvalue weighted by atomic mass is 32.2. The van der Waals surface area contributed by atoms with E-state index in [9.17, 15) is 22.8 Å². The number of nitrogens with one attached hydrogen (secondary N) is 3. The Morgan fingerprint density at radius 3 is 2.48 bits per heavy atom. The highest BCUT2D eigenvalue weighted by molar-refractivity contribution is 7.91. The SMILES string of the molecule is CCOc1cc2c3cc(c(OC)cc3n1)CCCO[C@H]1CCC[C@@H]1OC(=O)N[C@@H](C1CCCCC1)C(=O)N1C[C@@H](C[C@H]1C(=O)N[C@]1(C(=O)NS(=O)(=O)C3CC3)C[C@@H]1CC)O2. The van der Waals surface area contributed by atoms with Crippen molar-refractivity contribution in [3.8, 4) is 17.4 Å². The van der Waals surface area contributed by atoms with Gasteiger partial charge in [0.25, 0.3) is 5.91 Å². The van der Waals surface area contributed by atoms with E-state index in [1.54, 1.807) is 13.2 Å². The van der Waals surface area contributed by atoms with E-state index in [1.807, 2.05) is 26.0 Å². The maximum absolute atomic E-state index is 15.1. The monoisotopic (exact) mass is 853 g/mol. The molecule has 16 nitrogen and oxygen atoms in total. The number of pyridine rings is 1. The van der Waals surface area contributed by atoms with Crippen LogP contribution in [0.4, 0.5) is 4.79 Å². The fraction of sp³-hybridized carbons (Fsp3) is 0.698. The second-order valence-corrected chi connectivity index (χ2v) is 19.4. The number of carbonyl (C=O) groups excluding carboxylic acids is 4. The molecule has 3 N–H and O–H groups in total. The average Bonchev–Trinajstić information content (AvgIpc) is 4.13. The van der Waals surface area contributed by atoms with Gasteiger partial charge in [-0.25, -0.2) is 18.2 Å². The normalized spacial score (nSPS) is 30.2. The van der Waals surface area contributed by atoms with Gasteiger partial charge in [-0.1, -0.05) is 32.6 Å². The molecule has 1 saturated heterocycles. The Bertz CT molecular complexity index is 2070. The number of aromatic nitrogens is 1. The molecular weight excluding hydrogens is 795 g/mol. The summed E-state index contributed by atoms with van der Waals surface area (Å²) in [5.74, 6) is -0.850. The first kappa shape index (κ1) is 42.3. The summed E-state index contributed by atoms with van der Waals surface area (Å²) in [4.78, 5) is 63.5. The molecule has 6 aliphatic rings. The van der Waals surface area contributed by atoms with E-state index in [4.69, 9.17) is 28.7 Å². The quantitative estimate of drug-likeness (QED) is 0.304. The highest BCUT2D eigenvalue weighted by Gasteiger charge is 2.62. The molecule has 8 rings (SSSR count). The van der Waals surface area contributed by atoms with Crippen molar-refractivity contribution in [2.45, 2.75) is 151 Å². The number of sulfonamides is 1. The molecule has 1 aromatic carbocycles. The summed E-state index contributed by atoms with van der Waals surface area (Å²) in [5, 5.41) is 5.96. The van der Waals surface area contributed by atoms with Gasteiger partial charge in [-0.15, -0.1) is 0 Å². The van der Waals surface area contributed by atoms with Crippen LogP contribution in [0.15, 0.2) is 18.2 Å². The van der Waals surface area contributed by atoms with Crippen LogP contribution in [0.2, 0.25) is 0 Å². The maximum Gasteiger partial charge on any atom is 0.408 e. The van der Waals surface area contributed by atoms with E-state index in [0.29, 0.717) is 92.9 Å². The topological polar surface area (TPSA) is 201 Å². The highest BCUT2D eigenvalue weighted by Crippen LogP contribution is 2.47. The summed E-state index contributed by atoms with van der Waals surface area (Å²) in [6, 6.07) is 3.46. The molecule has 328 valence electrons. The lowest BCUT2D eigenvalue weighted by Gasteiger charge is -2.35. The van der Waals surface area contributed by atoms with Crippen molar-refractivity contribution >= 4 is 44.7 Å². The number of amides is 4. The van der Waals surface area contributed by atoms with Crippen molar-refractivity contribution < 1.29 is 51.3 Å². The lowest BCUT2D eigenvalue weighted by atomic mass is 9.83. The van der Waals surface area contributed by atoms with Crippen LogP contribution < -0.4 is 29.6 Å². The van der Waals surface area contributed by atoms with Gasteiger partial charge in [0.15, 0.2) is 0 Å². The molecule has 1 aromatic heterocycles. The van der Waals surface area contributed by atoms with Gasteiger partial charge in [-0.3, -0.25) is 19.1 Å². The van der Waals surface area contributed by atoms with Crippen LogP contribution in [0.5, 0.6) is 17.4 Å². The minimum Gasteiger partial charge on any atom is -0.496 e. The fourth-order valence-corrected chi connectivity index (χ4v) is 11.2. The summed E-state index contributed by atoms with van der Waals surface area (Å²) < 4.78 is 58.8. The first-order valence-electron chi connectivity index (χ1n) is 22.0. The fourth-order valence-electron chi connectivity index (χ4n) is 9.84. The summed E-state index contributed by atoms with van der Waals surface area (Å²) >= 11 is 0. The summed E-state index contributed by atoms with van der Waals surface area (Å²) in [6.45, 7) is 4.54. The lowest BCUT2D eigenvalue weighted by molar-refractivity contribution is -0.142. The molecule has 4 aliphatic carbocycles. The summed E-state index contributed by atoms with van der Waals surface area (Å²) in [7, 11) is -2.27. The zero-order valence-electron chi connectivity index (χ0n) is 34.9. The van der Waals surface area contributed by atoms with E-state index in [2.05, 4.69) is 15.4 Å². The molecule has 0 spiro atoms. The molecule has 60 heavy (non-hydrogen) atoms. The number of methoxy groups -OCH3 is 1. The van der Waals surface area contributed by atoms with E-state index in [0.717, 1.165) is 37.7 Å². The number of hydrogen-bond acceptors (Lipinski definition) is 12. The molecule has 5 fully saturated rings. The number of benzene rings is 1. The van der Waals surface area contributed by atoms with Crippen LogP contribution in [0.25, 0.3) is 10.9 Å². The zero-order chi connectivity index (χ0) is 42.2. The van der Waals surface area contributed by atoms with Crippen LogP contribution in [-0.4, -0.2) is 110 Å². The number of aryl methyl sites for hydroxylation is 1. The predicted octanol–water partition coefficient (Wildman–Crippen LogP) is 4.44. The molecule has 2 aliphatic heterocycles. The molecule has 7 atom stereocenters. The number of carbonyl (C=O) groups is 4. The predicted molar refractivity (Wildman–Crippen MR) is 219 cm³/mol. The Labute approximate surface area is 351 Å². The van der Waals surface area contributed by atoms with Crippen molar-refractivity contribution in [2.75, 3.05) is 26.9 Å². The van der Waals surface area contributed by atoms with Crippen LogP contribution in [-0.2, 0) is 40.3 Å². The van der Waals surface area contributed by atoms with E-state index >= 15 is 4.79 Å². The molecule has 2 aromatic rings. The van der Waals surface area contributed by atoms with Gasteiger partial charge in [0, 0.05) is 30.5 Å². The lowest BCUT2D eigenvalue weighted by Crippen LogP contribution is -2.59. The molecule has 3 heterocycles. The number of rotatable bonds is 10. The standard InChI is InChI=1S/C43H59N5O11S/c1-4-27-23-43(27,41(51)47-60(53,54)29-16-17-29)46-39(49)32-20-28-24-48(32)40(50)38(25-11-7-6-8-12-25)45-42(52)59-34-15-9-14-33(34)57-18-10-13-26-19-30-31(21-35(26)55-3)44-37(56-5-2)22-36(30)58-28/h19,21-22,25,27-29,32-34,38H,4-18,20,23-24H2,1-3H3,(H,45,52)(H,46,49)(H,47,51)/t27-,28+,32-,33-,34-,38-,43+/m0/s1. The van der Waals surface area contributed by atoms with Gasteiger partial charge in [0.1, 0.15) is 41.3 Å². The summed E-state index contributed by atoms with van der Waals surface area (Å²) in [6.07, 6.45) is 7.39. The smallest absolute Gasteiger partial charge is 0.408 e. The largest absolute Gasteiger partial charge is 0.496 e. The second kappa shape index (κ2) is 17.5. The Morgan fingerprint density at radius 1 is 0.983 bits per heavy atom. The van der Waals surface area contributed by atoms with Crippen molar-refractivity contribution in [3.63, 3.8) is 0 Å². The summed E-state index contributed by atoms with van der Waals surface area (Å²) in [5.41, 5.74) is 0.0534. The first-order valence-corrected chi connectivity index (χ1v) is 23.6. The van der Waals surface area contributed by atoms with Crippen LogP contribution in [0.3, 0.4) is 0 Å². The Balaban J connectivity index is 1.16. The molecule has 0 unspecified atom stereocenters. The van der Waals surface area contributed by atoms with Crippen LogP contribution in [0, 0.1) is 11.8 Å². The van der Waals surface area contributed by atoms with Gasteiger partial charge in [-0.05, 0) is 94.6 Å². The Kier molecular flexibility index (Phi) is 12.4. The van der Waals surface area contributed by atoms with Crippen molar-refractivity contribution in [2.24, 2.45) is 11.8 Å². The third-order valence-electron chi connectivity index (χ3n) is 13.4. The molecule has 4 bridgehead atoms. The molecule has 4 amide bonds. The number of hydrogen-bond donors (Lipinski definition) is 3. The van der Waals surface area contributed by atoms with Gasteiger partial charge in [0.2, 0.25) is 27.7 Å². The number of nitrogens with zero attached hydrogens (tertiary/aromatic N) is 2. The van der Waals surface area contributed by atoms with E-state index in [1.165, 1.54) is 4.90 Å². The second-order valence-electron chi connectivity index (χ2n) is 17.4. The van der Waals surface area contributed by atoms with Gasteiger partial charge in [0.05, 0.1) is 37.1 Å². The van der Waals surface area contributed by atoms with Gasteiger partial charge in [-0.2, -0.15) is 0 Å². The van der Waals surface area contributed by atoms with Crippen molar-refractivity contribution in [1.82, 2.24) is 25.2 Å². The Hall–Kier alpha value is -4.38. The van der Waals surface area contributed by atoms with Crippen LogP contribution >= 0.6 is 0 Å². The van der Waals surface area contributed by atoms with Crippen molar-refractivity contribution in [1.29, 1.82) is 0 Å². The minimum absolute atomic E-state index is 0.00132. The van der Waals surface area contributed by atoms with E-state index in [-0.39, 0.29) is 37.3 Å². The first-order chi connectivity index (χ1) is 28.9. The zero-order valence-corrected chi connectivity index (χ0v) is 35.7. The maximum atomic E-state index is 15.1. The van der Waals surface area contributed by atoms with Gasteiger partial charge < -0.3 is 39.2 Å².